The van der Waals surface area contributed by atoms with Gasteiger partial charge in [0.25, 0.3) is 5.91 Å². The van der Waals surface area contributed by atoms with Gasteiger partial charge in [0.2, 0.25) is 5.91 Å². The highest BCUT2D eigenvalue weighted by atomic mass is 32.2. The molecule has 6 nitrogen and oxygen atoms in total. The summed E-state index contributed by atoms with van der Waals surface area (Å²) in [6.07, 6.45) is 2.16. The molecule has 1 fully saturated rings. The number of likely N-dealkylation sites (tertiary alicyclic amines) is 1. The maximum Gasteiger partial charge on any atom is 0.252 e. The van der Waals surface area contributed by atoms with E-state index in [4.69, 9.17) is 0 Å². The highest BCUT2D eigenvalue weighted by molar-refractivity contribution is 8.00. The minimum atomic E-state index is -0.0595. The van der Waals surface area contributed by atoms with Crippen molar-refractivity contribution in [2.75, 3.05) is 39.5 Å². The van der Waals surface area contributed by atoms with Gasteiger partial charge in [-0.25, -0.2) is 4.98 Å². The number of aryl methyl sites for hydroxylation is 1. The van der Waals surface area contributed by atoms with Crippen LogP contribution < -0.4 is 5.32 Å². The van der Waals surface area contributed by atoms with Crippen molar-refractivity contribution in [1.82, 2.24) is 20.1 Å². The molecule has 0 radical (unpaired) electrons. The zero-order valence-electron chi connectivity index (χ0n) is 17.9. The number of benzene rings is 1. The smallest absolute Gasteiger partial charge is 0.252 e. The molecule has 30 heavy (non-hydrogen) atoms. The third kappa shape index (κ3) is 6.55. The van der Waals surface area contributed by atoms with Crippen molar-refractivity contribution in [1.29, 1.82) is 0 Å². The number of hydrogen-bond acceptors (Lipinski definition) is 6. The fourth-order valence-electron chi connectivity index (χ4n) is 3.44. The first-order valence-corrected chi connectivity index (χ1v) is 12.1. The van der Waals surface area contributed by atoms with Crippen molar-refractivity contribution in [2.45, 2.75) is 31.2 Å². The Balaban J connectivity index is 1.45. The Hall–Kier alpha value is -1.90. The first kappa shape index (κ1) is 22.8. The number of amides is 2. The molecule has 1 aromatic carbocycles. The molecule has 0 atom stereocenters. The lowest BCUT2D eigenvalue weighted by Gasteiger charge is -2.31. The van der Waals surface area contributed by atoms with E-state index in [0.717, 1.165) is 48.1 Å². The van der Waals surface area contributed by atoms with Crippen LogP contribution in [0.2, 0.25) is 0 Å². The van der Waals surface area contributed by atoms with E-state index in [1.54, 1.807) is 30.3 Å². The average Bonchev–Trinajstić information content (AvgIpc) is 3.15. The Labute approximate surface area is 187 Å². The van der Waals surface area contributed by atoms with Gasteiger partial charge >= 0.3 is 0 Å². The summed E-state index contributed by atoms with van der Waals surface area (Å²) in [5.41, 5.74) is 1.80. The van der Waals surface area contributed by atoms with Crippen LogP contribution in [0.4, 0.5) is 0 Å². The second kappa shape index (κ2) is 10.9. The van der Waals surface area contributed by atoms with Crippen molar-refractivity contribution in [2.24, 2.45) is 5.92 Å². The van der Waals surface area contributed by atoms with Gasteiger partial charge in [0.1, 0.15) is 0 Å². The van der Waals surface area contributed by atoms with Gasteiger partial charge in [0.15, 0.2) is 0 Å². The van der Waals surface area contributed by atoms with Gasteiger partial charge in [-0.15, -0.1) is 23.1 Å². The molecular weight excluding hydrogens is 416 g/mol. The number of thiazole rings is 1. The summed E-state index contributed by atoms with van der Waals surface area (Å²) >= 11 is 3.11. The van der Waals surface area contributed by atoms with E-state index in [2.05, 4.69) is 20.6 Å². The van der Waals surface area contributed by atoms with E-state index in [0.29, 0.717) is 23.8 Å². The number of rotatable bonds is 8. The lowest BCUT2D eigenvalue weighted by Crippen LogP contribution is -2.38. The van der Waals surface area contributed by atoms with Gasteiger partial charge in [-0.2, -0.15) is 0 Å². The van der Waals surface area contributed by atoms with E-state index in [1.165, 1.54) is 11.8 Å². The van der Waals surface area contributed by atoms with Crippen LogP contribution in [0.25, 0.3) is 0 Å². The predicted octanol–water partition coefficient (Wildman–Crippen LogP) is 3.27. The van der Waals surface area contributed by atoms with E-state index >= 15 is 0 Å². The molecule has 2 heterocycles. The predicted molar refractivity (Wildman–Crippen MR) is 123 cm³/mol. The zero-order valence-corrected chi connectivity index (χ0v) is 19.5. The summed E-state index contributed by atoms with van der Waals surface area (Å²) in [6.45, 7) is 5.73. The molecule has 2 aromatic rings. The molecule has 0 spiro atoms. The Morgan fingerprint density at radius 1 is 1.27 bits per heavy atom. The fraction of sp³-hybridized carbons (Fsp3) is 0.500. The zero-order chi connectivity index (χ0) is 21.5. The molecule has 0 saturated carbocycles. The van der Waals surface area contributed by atoms with Crippen LogP contribution in [-0.2, 0) is 11.3 Å². The maximum atomic E-state index is 12.8. The monoisotopic (exact) mass is 446 g/mol. The molecule has 162 valence electrons. The van der Waals surface area contributed by atoms with Crippen molar-refractivity contribution in [3.8, 4) is 0 Å². The Morgan fingerprint density at radius 3 is 2.67 bits per heavy atom. The maximum absolute atomic E-state index is 12.8. The summed E-state index contributed by atoms with van der Waals surface area (Å²) in [5, 5.41) is 6.37. The largest absolute Gasteiger partial charge is 0.352 e. The van der Waals surface area contributed by atoms with Gasteiger partial charge in [-0.3, -0.25) is 14.5 Å². The standard InChI is InChI=1S/C22H30N4O2S2/c1-16-24-18(14-29-16)13-26-10-8-17(9-11-26)12-23-22(28)19-6-4-5-7-20(19)30-15-21(27)25(2)3/h4-7,14,17H,8-13,15H2,1-3H3,(H,23,28). The Kier molecular flexibility index (Phi) is 8.30. The molecule has 2 amide bonds. The van der Waals surface area contributed by atoms with Crippen LogP contribution in [0.3, 0.4) is 0 Å². The molecule has 3 rings (SSSR count). The lowest BCUT2D eigenvalue weighted by atomic mass is 9.96. The SMILES string of the molecule is Cc1nc(CN2CCC(CNC(=O)c3ccccc3SCC(=O)N(C)C)CC2)cs1. The molecule has 8 heteroatoms. The van der Waals surface area contributed by atoms with Crippen LogP contribution in [0.15, 0.2) is 34.5 Å². The van der Waals surface area contributed by atoms with E-state index < -0.39 is 0 Å². The molecular formula is C22H30N4O2S2. The minimum absolute atomic E-state index is 0.0368. The molecule has 1 N–H and O–H groups in total. The third-order valence-electron chi connectivity index (χ3n) is 5.29. The number of nitrogens with zero attached hydrogens (tertiary/aromatic N) is 3. The molecule has 0 aliphatic carbocycles. The number of aromatic nitrogens is 1. The molecule has 0 unspecified atom stereocenters. The Bertz CT molecular complexity index is 860. The third-order valence-corrected chi connectivity index (χ3v) is 7.17. The summed E-state index contributed by atoms with van der Waals surface area (Å²) in [6, 6.07) is 7.50. The summed E-state index contributed by atoms with van der Waals surface area (Å²) in [4.78, 5) is 34.0. The van der Waals surface area contributed by atoms with Gasteiger partial charge in [-0.05, 0) is 50.9 Å². The van der Waals surface area contributed by atoms with Crippen LogP contribution in [0.5, 0.6) is 0 Å². The summed E-state index contributed by atoms with van der Waals surface area (Å²) in [5.74, 6) is 0.803. The highest BCUT2D eigenvalue weighted by Gasteiger charge is 2.21. The number of carbonyl (C=O) groups excluding carboxylic acids is 2. The normalized spacial score (nSPS) is 15.2. The van der Waals surface area contributed by atoms with Crippen molar-refractivity contribution in [3.63, 3.8) is 0 Å². The van der Waals surface area contributed by atoms with E-state index in [9.17, 15) is 9.59 Å². The second-order valence-electron chi connectivity index (χ2n) is 7.86. The van der Waals surface area contributed by atoms with Gasteiger partial charge in [0.05, 0.1) is 22.0 Å². The summed E-state index contributed by atoms with van der Waals surface area (Å²) < 4.78 is 0. The molecule has 1 aliphatic heterocycles. The van der Waals surface area contributed by atoms with Crippen LogP contribution in [0.1, 0.15) is 33.9 Å². The molecule has 1 aromatic heterocycles. The first-order valence-electron chi connectivity index (χ1n) is 10.3. The quantitative estimate of drug-likeness (QED) is 0.631. The second-order valence-corrected chi connectivity index (χ2v) is 9.94. The van der Waals surface area contributed by atoms with Crippen molar-refractivity contribution in [3.05, 3.63) is 45.9 Å². The minimum Gasteiger partial charge on any atom is -0.352 e. The molecule has 1 aliphatic rings. The van der Waals surface area contributed by atoms with Crippen molar-refractivity contribution < 1.29 is 9.59 Å². The van der Waals surface area contributed by atoms with Crippen LogP contribution in [0, 0.1) is 12.8 Å². The number of piperidine rings is 1. The molecule has 0 bridgehead atoms. The van der Waals surface area contributed by atoms with E-state index in [1.807, 2.05) is 31.2 Å². The van der Waals surface area contributed by atoms with Gasteiger partial charge < -0.3 is 10.2 Å². The molecule has 1 saturated heterocycles. The average molecular weight is 447 g/mol. The Morgan fingerprint density at radius 2 is 2.00 bits per heavy atom. The lowest BCUT2D eigenvalue weighted by molar-refractivity contribution is -0.125. The van der Waals surface area contributed by atoms with E-state index in [-0.39, 0.29) is 11.8 Å². The van der Waals surface area contributed by atoms with Gasteiger partial charge in [-0.1, -0.05) is 12.1 Å². The van der Waals surface area contributed by atoms with Crippen LogP contribution in [-0.4, -0.2) is 66.1 Å². The topological polar surface area (TPSA) is 65.5 Å². The fourth-order valence-corrected chi connectivity index (χ4v) is 5.07. The first-order chi connectivity index (χ1) is 14.4. The summed E-state index contributed by atoms with van der Waals surface area (Å²) in [7, 11) is 3.48. The van der Waals surface area contributed by atoms with Gasteiger partial charge in [0, 0.05) is 37.5 Å². The van der Waals surface area contributed by atoms with Crippen molar-refractivity contribution >= 4 is 34.9 Å². The number of nitrogens with one attached hydrogen (secondary N) is 1. The number of thioether (sulfide) groups is 1. The number of carbonyl (C=O) groups is 2. The number of hydrogen-bond donors (Lipinski definition) is 1. The van der Waals surface area contributed by atoms with Crippen LogP contribution >= 0.6 is 23.1 Å². The highest BCUT2D eigenvalue weighted by Crippen LogP contribution is 2.24.